The van der Waals surface area contributed by atoms with Crippen LogP contribution in [0.1, 0.15) is 22.3 Å². The Kier molecular flexibility index (Phi) is 2.69. The molecule has 0 fully saturated rings. The fraction of sp³-hybridized carbons (Fsp3) is 0.400. The first-order valence-electron chi connectivity index (χ1n) is 4.35. The third-order valence-corrected chi connectivity index (χ3v) is 3.76. The Morgan fingerprint density at radius 2 is 1.36 bits per heavy atom. The van der Waals surface area contributed by atoms with Crippen molar-refractivity contribution in [1.29, 1.82) is 0 Å². The molecule has 0 spiro atoms. The maximum Gasteiger partial charge on any atom is 0.238 e. The summed E-state index contributed by atoms with van der Waals surface area (Å²) in [7, 11) is -3.61. The first-order chi connectivity index (χ1) is 6.25. The van der Waals surface area contributed by atoms with Crippen molar-refractivity contribution < 1.29 is 8.42 Å². The number of sulfonamides is 1. The van der Waals surface area contributed by atoms with Crippen molar-refractivity contribution in [2.75, 3.05) is 0 Å². The molecule has 0 amide bonds. The van der Waals surface area contributed by atoms with E-state index in [9.17, 15) is 8.42 Å². The van der Waals surface area contributed by atoms with Gasteiger partial charge in [-0.05, 0) is 49.9 Å². The van der Waals surface area contributed by atoms with E-state index < -0.39 is 10.0 Å². The normalized spacial score (nSPS) is 11.8. The van der Waals surface area contributed by atoms with Crippen LogP contribution in [0.15, 0.2) is 11.0 Å². The zero-order valence-electron chi connectivity index (χ0n) is 8.88. The number of primary sulfonamides is 1. The lowest BCUT2D eigenvalue weighted by Crippen LogP contribution is -2.16. The molecule has 0 aliphatic heterocycles. The van der Waals surface area contributed by atoms with Crippen molar-refractivity contribution >= 4 is 10.0 Å². The lowest BCUT2D eigenvalue weighted by molar-refractivity contribution is 0.596. The van der Waals surface area contributed by atoms with Gasteiger partial charge < -0.3 is 0 Å². The molecule has 0 unspecified atom stereocenters. The lowest BCUT2D eigenvalue weighted by atomic mass is 10.0. The predicted octanol–water partition coefficient (Wildman–Crippen LogP) is 1.57. The highest BCUT2D eigenvalue weighted by Gasteiger charge is 2.17. The van der Waals surface area contributed by atoms with Gasteiger partial charge in [0.05, 0.1) is 4.90 Å². The summed E-state index contributed by atoms with van der Waals surface area (Å²) in [5.41, 5.74) is 3.40. The molecule has 78 valence electrons. The SMILES string of the molecule is Cc1cc(C)c(C)c(S(N)(=O)=O)c1C. The van der Waals surface area contributed by atoms with E-state index in [-0.39, 0.29) is 4.90 Å². The second-order valence-corrected chi connectivity index (χ2v) is 5.13. The summed E-state index contributed by atoms with van der Waals surface area (Å²) < 4.78 is 22.7. The smallest absolute Gasteiger partial charge is 0.225 e. The Morgan fingerprint density at radius 3 is 1.64 bits per heavy atom. The molecule has 0 atom stereocenters. The molecule has 4 heteroatoms. The summed E-state index contributed by atoms with van der Waals surface area (Å²) in [4.78, 5) is 0.273. The highest BCUT2D eigenvalue weighted by molar-refractivity contribution is 7.89. The van der Waals surface area contributed by atoms with E-state index in [0.29, 0.717) is 0 Å². The first kappa shape index (κ1) is 11.2. The van der Waals surface area contributed by atoms with Crippen molar-refractivity contribution in [1.82, 2.24) is 0 Å². The Hall–Kier alpha value is -0.870. The molecule has 0 heterocycles. The summed E-state index contributed by atoms with van der Waals surface area (Å²) >= 11 is 0. The van der Waals surface area contributed by atoms with Crippen LogP contribution >= 0.6 is 0 Å². The van der Waals surface area contributed by atoms with Gasteiger partial charge in [0.25, 0.3) is 0 Å². The first-order valence-corrected chi connectivity index (χ1v) is 5.90. The average molecular weight is 213 g/mol. The van der Waals surface area contributed by atoms with Gasteiger partial charge in [-0.2, -0.15) is 0 Å². The van der Waals surface area contributed by atoms with E-state index in [2.05, 4.69) is 0 Å². The average Bonchev–Trinajstić information content (AvgIpc) is 1.98. The van der Waals surface area contributed by atoms with E-state index in [1.165, 1.54) is 0 Å². The largest absolute Gasteiger partial charge is 0.238 e. The van der Waals surface area contributed by atoms with Gasteiger partial charge in [-0.15, -0.1) is 0 Å². The molecular weight excluding hydrogens is 198 g/mol. The molecule has 2 N–H and O–H groups in total. The van der Waals surface area contributed by atoms with Crippen molar-refractivity contribution in [3.63, 3.8) is 0 Å². The van der Waals surface area contributed by atoms with E-state index >= 15 is 0 Å². The highest BCUT2D eigenvalue weighted by Crippen LogP contribution is 2.24. The summed E-state index contributed by atoms with van der Waals surface area (Å²) in [6.45, 7) is 7.33. The number of benzene rings is 1. The minimum absolute atomic E-state index is 0.273. The summed E-state index contributed by atoms with van der Waals surface area (Å²) in [5.74, 6) is 0. The highest BCUT2D eigenvalue weighted by atomic mass is 32.2. The molecule has 0 bridgehead atoms. The second-order valence-electron chi connectivity index (χ2n) is 3.63. The van der Waals surface area contributed by atoms with Gasteiger partial charge in [-0.25, -0.2) is 13.6 Å². The fourth-order valence-electron chi connectivity index (χ4n) is 1.61. The molecule has 3 nitrogen and oxygen atoms in total. The van der Waals surface area contributed by atoms with Gasteiger partial charge in [0, 0.05) is 0 Å². The van der Waals surface area contributed by atoms with E-state index in [4.69, 9.17) is 5.14 Å². The van der Waals surface area contributed by atoms with Gasteiger partial charge in [0.15, 0.2) is 0 Å². The minimum atomic E-state index is -3.61. The monoisotopic (exact) mass is 213 g/mol. The van der Waals surface area contributed by atoms with Crippen LogP contribution in [0.4, 0.5) is 0 Å². The Labute approximate surface area is 85.0 Å². The summed E-state index contributed by atoms with van der Waals surface area (Å²) in [5, 5.41) is 5.17. The van der Waals surface area contributed by atoms with Crippen LogP contribution in [0, 0.1) is 27.7 Å². The van der Waals surface area contributed by atoms with Gasteiger partial charge in [-0.1, -0.05) is 6.07 Å². The Bertz CT molecular complexity index is 449. The maximum atomic E-state index is 11.4. The van der Waals surface area contributed by atoms with Gasteiger partial charge in [0.2, 0.25) is 10.0 Å². The molecule has 1 rings (SSSR count). The lowest BCUT2D eigenvalue weighted by Gasteiger charge is -2.12. The Balaban J connectivity index is 3.74. The van der Waals surface area contributed by atoms with Crippen molar-refractivity contribution in [3.8, 4) is 0 Å². The number of aryl methyl sites for hydroxylation is 2. The molecule has 1 aromatic rings. The number of hydrogen-bond donors (Lipinski definition) is 1. The molecule has 14 heavy (non-hydrogen) atoms. The fourth-order valence-corrected chi connectivity index (χ4v) is 2.78. The van der Waals surface area contributed by atoms with Gasteiger partial charge >= 0.3 is 0 Å². The molecule has 0 aliphatic carbocycles. The van der Waals surface area contributed by atoms with Crippen LogP contribution in [0.5, 0.6) is 0 Å². The zero-order chi connectivity index (χ0) is 11.1. The Morgan fingerprint density at radius 1 is 1.00 bits per heavy atom. The number of hydrogen-bond acceptors (Lipinski definition) is 2. The van der Waals surface area contributed by atoms with Gasteiger partial charge in [0.1, 0.15) is 0 Å². The van der Waals surface area contributed by atoms with Crippen LogP contribution in [0.3, 0.4) is 0 Å². The third kappa shape index (κ3) is 1.81. The molecule has 1 aromatic carbocycles. The van der Waals surface area contributed by atoms with Crippen molar-refractivity contribution in [2.24, 2.45) is 5.14 Å². The van der Waals surface area contributed by atoms with E-state index in [0.717, 1.165) is 22.3 Å². The second kappa shape index (κ2) is 3.37. The van der Waals surface area contributed by atoms with Gasteiger partial charge in [-0.3, -0.25) is 0 Å². The summed E-state index contributed by atoms with van der Waals surface area (Å²) in [6, 6.07) is 1.97. The number of rotatable bonds is 1. The topological polar surface area (TPSA) is 60.2 Å². The molecule has 0 aromatic heterocycles. The van der Waals surface area contributed by atoms with Crippen LogP contribution in [-0.4, -0.2) is 8.42 Å². The van der Waals surface area contributed by atoms with Crippen LogP contribution in [-0.2, 0) is 10.0 Å². The summed E-state index contributed by atoms with van der Waals surface area (Å²) in [6.07, 6.45) is 0. The standard InChI is InChI=1S/C10H15NO2S/c1-6-5-7(2)9(4)10(8(6)3)14(11,12)13/h5H,1-4H3,(H2,11,12,13). The molecule has 0 aliphatic rings. The zero-order valence-corrected chi connectivity index (χ0v) is 9.70. The van der Waals surface area contributed by atoms with Crippen LogP contribution in [0.2, 0.25) is 0 Å². The van der Waals surface area contributed by atoms with Crippen LogP contribution in [0.25, 0.3) is 0 Å². The molecule has 0 saturated carbocycles. The molecular formula is C10H15NO2S. The van der Waals surface area contributed by atoms with Crippen molar-refractivity contribution in [2.45, 2.75) is 32.6 Å². The molecule has 0 radical (unpaired) electrons. The maximum absolute atomic E-state index is 11.4. The van der Waals surface area contributed by atoms with E-state index in [1.807, 2.05) is 19.9 Å². The quantitative estimate of drug-likeness (QED) is 0.769. The van der Waals surface area contributed by atoms with Crippen molar-refractivity contribution in [3.05, 3.63) is 28.3 Å². The minimum Gasteiger partial charge on any atom is -0.225 e. The van der Waals surface area contributed by atoms with E-state index in [1.54, 1.807) is 13.8 Å². The molecule has 0 saturated heterocycles. The third-order valence-electron chi connectivity index (χ3n) is 2.58. The predicted molar refractivity (Wildman–Crippen MR) is 56.8 cm³/mol. The number of nitrogens with two attached hydrogens (primary N) is 1. The van der Waals surface area contributed by atoms with Crippen LogP contribution < -0.4 is 5.14 Å².